The minimum atomic E-state index is -3.32. The van der Waals surface area contributed by atoms with Crippen LogP contribution in [0, 0.1) is 0 Å². The predicted molar refractivity (Wildman–Crippen MR) is 87.3 cm³/mol. The van der Waals surface area contributed by atoms with Crippen molar-refractivity contribution in [2.24, 2.45) is 0 Å². The molecule has 1 aromatic rings. The zero-order valence-corrected chi connectivity index (χ0v) is 13.8. The molecule has 1 atom stereocenters. The Bertz CT molecular complexity index is 604. The van der Waals surface area contributed by atoms with Gasteiger partial charge in [-0.15, -0.1) is 0 Å². The van der Waals surface area contributed by atoms with Gasteiger partial charge < -0.3 is 10.2 Å². The molecular weight excluding hydrogens is 302 g/mol. The van der Waals surface area contributed by atoms with Crippen LogP contribution in [0.5, 0.6) is 0 Å². The first-order valence-corrected chi connectivity index (χ1v) is 9.25. The standard InChI is InChI=1S/C15H23N3O3S/c1-17(13-7-4-3-5-8-13)12-10-16-15(19)14-9-6-11-18(14)22(2,20)21/h3-5,7-8,14H,6,9-12H2,1-2H3,(H,16,19). The Morgan fingerprint density at radius 2 is 2.05 bits per heavy atom. The minimum Gasteiger partial charge on any atom is -0.373 e. The quantitative estimate of drug-likeness (QED) is 0.834. The summed E-state index contributed by atoms with van der Waals surface area (Å²) >= 11 is 0. The molecule has 0 aromatic heterocycles. The zero-order chi connectivity index (χ0) is 16.2. The monoisotopic (exact) mass is 325 g/mol. The number of likely N-dealkylation sites (N-methyl/N-ethyl adjacent to an activating group) is 1. The number of sulfonamides is 1. The predicted octanol–water partition coefficient (Wildman–Crippen LogP) is 0.663. The van der Waals surface area contributed by atoms with Crippen molar-refractivity contribution in [3.05, 3.63) is 30.3 Å². The molecule has 1 fully saturated rings. The van der Waals surface area contributed by atoms with E-state index in [0.717, 1.165) is 18.4 Å². The second-order valence-corrected chi connectivity index (χ2v) is 7.51. The van der Waals surface area contributed by atoms with Gasteiger partial charge in [0.25, 0.3) is 0 Å². The first kappa shape index (κ1) is 16.8. The van der Waals surface area contributed by atoms with E-state index in [1.165, 1.54) is 4.31 Å². The average Bonchev–Trinajstić information content (AvgIpc) is 2.97. The molecule has 0 radical (unpaired) electrons. The summed E-state index contributed by atoms with van der Waals surface area (Å²) < 4.78 is 24.6. The van der Waals surface area contributed by atoms with Gasteiger partial charge in [0.05, 0.1) is 6.26 Å². The van der Waals surface area contributed by atoms with Crippen molar-refractivity contribution in [2.75, 3.05) is 37.8 Å². The highest BCUT2D eigenvalue weighted by molar-refractivity contribution is 7.88. The van der Waals surface area contributed by atoms with Gasteiger partial charge in [0.2, 0.25) is 15.9 Å². The number of nitrogens with zero attached hydrogens (tertiary/aromatic N) is 2. The highest BCUT2D eigenvalue weighted by Gasteiger charge is 2.36. The Kier molecular flexibility index (Phi) is 5.42. The number of rotatable bonds is 6. The number of hydrogen-bond acceptors (Lipinski definition) is 4. The van der Waals surface area contributed by atoms with Crippen molar-refractivity contribution >= 4 is 21.6 Å². The molecule has 22 heavy (non-hydrogen) atoms. The number of nitrogens with one attached hydrogen (secondary N) is 1. The Morgan fingerprint density at radius 1 is 1.36 bits per heavy atom. The molecule has 6 nitrogen and oxygen atoms in total. The average molecular weight is 325 g/mol. The molecule has 2 rings (SSSR count). The Morgan fingerprint density at radius 3 is 2.68 bits per heavy atom. The smallest absolute Gasteiger partial charge is 0.238 e. The van der Waals surface area contributed by atoms with Crippen molar-refractivity contribution < 1.29 is 13.2 Å². The van der Waals surface area contributed by atoms with E-state index in [1.54, 1.807) is 0 Å². The zero-order valence-electron chi connectivity index (χ0n) is 13.0. The first-order valence-electron chi connectivity index (χ1n) is 7.40. The number of anilines is 1. The summed E-state index contributed by atoms with van der Waals surface area (Å²) in [4.78, 5) is 14.2. The molecule has 122 valence electrons. The summed E-state index contributed by atoms with van der Waals surface area (Å²) in [5, 5.41) is 2.84. The van der Waals surface area contributed by atoms with Crippen molar-refractivity contribution in [2.45, 2.75) is 18.9 Å². The van der Waals surface area contributed by atoms with Crippen LogP contribution in [0.15, 0.2) is 30.3 Å². The second kappa shape index (κ2) is 7.11. The van der Waals surface area contributed by atoms with Gasteiger partial charge in [-0.25, -0.2) is 8.42 Å². The lowest BCUT2D eigenvalue weighted by Crippen LogP contribution is -2.46. The SMILES string of the molecule is CN(CCNC(=O)C1CCCN1S(C)(=O)=O)c1ccccc1. The van der Waals surface area contributed by atoms with Gasteiger partial charge in [-0.3, -0.25) is 4.79 Å². The van der Waals surface area contributed by atoms with Crippen LogP contribution in [0.25, 0.3) is 0 Å². The lowest BCUT2D eigenvalue weighted by atomic mass is 10.2. The van der Waals surface area contributed by atoms with Crippen LogP contribution in [0.4, 0.5) is 5.69 Å². The molecule has 1 aromatic carbocycles. The number of para-hydroxylation sites is 1. The molecule has 1 N–H and O–H groups in total. The molecule has 0 saturated carbocycles. The molecule has 1 aliphatic heterocycles. The molecule has 1 heterocycles. The molecule has 0 spiro atoms. The largest absolute Gasteiger partial charge is 0.373 e. The summed E-state index contributed by atoms with van der Waals surface area (Å²) in [5.41, 5.74) is 1.08. The molecule has 1 aliphatic rings. The molecule has 1 unspecified atom stereocenters. The molecular formula is C15H23N3O3S. The molecule has 7 heteroatoms. The van der Waals surface area contributed by atoms with E-state index < -0.39 is 16.1 Å². The van der Waals surface area contributed by atoms with Gasteiger partial charge in [-0.2, -0.15) is 4.31 Å². The maximum Gasteiger partial charge on any atom is 0.238 e. The van der Waals surface area contributed by atoms with Gasteiger partial charge in [0, 0.05) is 32.4 Å². The lowest BCUT2D eigenvalue weighted by molar-refractivity contribution is -0.124. The van der Waals surface area contributed by atoms with Gasteiger partial charge in [-0.05, 0) is 25.0 Å². The van der Waals surface area contributed by atoms with Crippen LogP contribution in [0.1, 0.15) is 12.8 Å². The number of benzene rings is 1. The van der Waals surface area contributed by atoms with Gasteiger partial charge in [0.1, 0.15) is 6.04 Å². The summed E-state index contributed by atoms with van der Waals surface area (Å²) in [6.07, 6.45) is 2.48. The maximum absolute atomic E-state index is 12.2. The van der Waals surface area contributed by atoms with E-state index in [-0.39, 0.29) is 5.91 Å². The van der Waals surface area contributed by atoms with Crippen LogP contribution in [-0.2, 0) is 14.8 Å². The van der Waals surface area contributed by atoms with E-state index >= 15 is 0 Å². The van der Waals surface area contributed by atoms with Crippen molar-refractivity contribution in [1.29, 1.82) is 0 Å². The second-order valence-electron chi connectivity index (χ2n) is 5.58. The topological polar surface area (TPSA) is 69.7 Å². The Labute approximate surface area is 132 Å². The van der Waals surface area contributed by atoms with E-state index in [0.29, 0.717) is 26.1 Å². The normalized spacial score (nSPS) is 19.1. The third-order valence-electron chi connectivity index (χ3n) is 3.88. The fourth-order valence-electron chi connectivity index (χ4n) is 2.68. The van der Waals surface area contributed by atoms with Crippen LogP contribution in [0.3, 0.4) is 0 Å². The van der Waals surface area contributed by atoms with Crippen LogP contribution in [0.2, 0.25) is 0 Å². The van der Waals surface area contributed by atoms with Crippen LogP contribution < -0.4 is 10.2 Å². The lowest BCUT2D eigenvalue weighted by Gasteiger charge is -2.23. The fourth-order valence-corrected chi connectivity index (χ4v) is 3.80. The van der Waals surface area contributed by atoms with Gasteiger partial charge in [0.15, 0.2) is 0 Å². The summed E-state index contributed by atoms with van der Waals surface area (Å²) in [5.74, 6) is -0.204. The van der Waals surface area contributed by atoms with Gasteiger partial charge in [-0.1, -0.05) is 18.2 Å². The Hall–Kier alpha value is -1.60. The van der Waals surface area contributed by atoms with Crippen molar-refractivity contribution in [1.82, 2.24) is 9.62 Å². The fraction of sp³-hybridized carbons (Fsp3) is 0.533. The summed E-state index contributed by atoms with van der Waals surface area (Å²) in [6.45, 7) is 1.58. The van der Waals surface area contributed by atoms with E-state index in [4.69, 9.17) is 0 Å². The molecule has 1 saturated heterocycles. The summed E-state index contributed by atoms with van der Waals surface area (Å²) in [6, 6.07) is 9.34. The first-order chi connectivity index (χ1) is 10.4. The highest BCUT2D eigenvalue weighted by Crippen LogP contribution is 2.20. The Balaban J connectivity index is 1.83. The number of amides is 1. The van der Waals surface area contributed by atoms with Crippen LogP contribution in [-0.4, -0.2) is 57.6 Å². The van der Waals surface area contributed by atoms with E-state index in [9.17, 15) is 13.2 Å². The molecule has 0 bridgehead atoms. The number of carbonyl (C=O) groups excluding carboxylic acids is 1. The third kappa shape index (κ3) is 4.20. The third-order valence-corrected chi connectivity index (χ3v) is 5.16. The van der Waals surface area contributed by atoms with E-state index in [1.807, 2.05) is 42.3 Å². The van der Waals surface area contributed by atoms with Gasteiger partial charge >= 0.3 is 0 Å². The number of hydrogen-bond donors (Lipinski definition) is 1. The van der Waals surface area contributed by atoms with E-state index in [2.05, 4.69) is 5.32 Å². The van der Waals surface area contributed by atoms with Crippen molar-refractivity contribution in [3.63, 3.8) is 0 Å². The molecule has 0 aliphatic carbocycles. The van der Waals surface area contributed by atoms with Crippen LogP contribution >= 0.6 is 0 Å². The van der Waals surface area contributed by atoms with Crippen molar-refractivity contribution in [3.8, 4) is 0 Å². The summed E-state index contributed by atoms with van der Waals surface area (Å²) in [7, 11) is -1.36. The molecule has 1 amide bonds. The number of carbonyl (C=O) groups is 1. The highest BCUT2D eigenvalue weighted by atomic mass is 32.2. The minimum absolute atomic E-state index is 0.204. The maximum atomic E-state index is 12.2.